The summed E-state index contributed by atoms with van der Waals surface area (Å²) in [5.74, 6) is -0.0970. The Balaban J connectivity index is 1.67. The summed E-state index contributed by atoms with van der Waals surface area (Å²) in [7, 11) is 0. The third-order valence-corrected chi connectivity index (χ3v) is 6.23. The van der Waals surface area contributed by atoms with Crippen LogP contribution in [0.15, 0.2) is 91.0 Å². The molecule has 1 amide bonds. The first-order chi connectivity index (χ1) is 14.3. The van der Waals surface area contributed by atoms with Crippen LogP contribution < -0.4 is 0 Å². The number of carbonyl (C=O) groups is 1. The molecule has 1 aliphatic carbocycles. The van der Waals surface area contributed by atoms with E-state index in [1.165, 1.54) is 0 Å². The van der Waals surface area contributed by atoms with Crippen LogP contribution in [0.1, 0.15) is 40.3 Å². The molecule has 1 fully saturated rings. The number of rotatable bonds is 4. The highest BCUT2D eigenvalue weighted by Crippen LogP contribution is 2.53. The van der Waals surface area contributed by atoms with Gasteiger partial charge < -0.3 is 10.0 Å². The third-order valence-electron chi connectivity index (χ3n) is 6.23. The van der Waals surface area contributed by atoms with E-state index >= 15 is 0 Å². The SMILES string of the molecule is O=C1[C@H]2c3ccccc3C=C[C@H]2[C@H](c2ccccc2)N1[C@@H](CO)c1ccccc1. The number of likely N-dealkylation sites (tertiary alicyclic amines) is 1. The minimum atomic E-state index is -0.375. The lowest BCUT2D eigenvalue weighted by molar-refractivity contribution is -0.133. The van der Waals surface area contributed by atoms with Crippen molar-refractivity contribution in [3.8, 4) is 0 Å². The lowest BCUT2D eigenvalue weighted by Crippen LogP contribution is -2.35. The maximum Gasteiger partial charge on any atom is 0.231 e. The van der Waals surface area contributed by atoms with Gasteiger partial charge in [-0.1, -0.05) is 97.1 Å². The average molecular weight is 381 g/mol. The lowest BCUT2D eigenvalue weighted by Gasteiger charge is -2.34. The third kappa shape index (κ3) is 2.90. The first-order valence-electron chi connectivity index (χ1n) is 10.1. The van der Waals surface area contributed by atoms with Gasteiger partial charge in [-0.15, -0.1) is 0 Å². The van der Waals surface area contributed by atoms with E-state index in [2.05, 4.69) is 36.4 Å². The zero-order chi connectivity index (χ0) is 19.8. The fraction of sp³-hybridized carbons (Fsp3) is 0.192. The van der Waals surface area contributed by atoms with E-state index < -0.39 is 0 Å². The number of hydrogen-bond donors (Lipinski definition) is 1. The topological polar surface area (TPSA) is 40.5 Å². The Morgan fingerprint density at radius 2 is 1.52 bits per heavy atom. The van der Waals surface area contributed by atoms with E-state index in [4.69, 9.17) is 0 Å². The second-order valence-corrected chi connectivity index (χ2v) is 7.75. The molecule has 0 bridgehead atoms. The van der Waals surface area contributed by atoms with Gasteiger partial charge in [0.25, 0.3) is 0 Å². The zero-order valence-electron chi connectivity index (χ0n) is 16.1. The number of amides is 1. The van der Waals surface area contributed by atoms with Crippen LogP contribution in [0.4, 0.5) is 0 Å². The maximum absolute atomic E-state index is 13.8. The van der Waals surface area contributed by atoms with Gasteiger partial charge in [-0.25, -0.2) is 0 Å². The van der Waals surface area contributed by atoms with Crippen LogP contribution in [-0.4, -0.2) is 22.5 Å². The zero-order valence-corrected chi connectivity index (χ0v) is 16.1. The summed E-state index contributed by atoms with van der Waals surface area (Å²) >= 11 is 0. The van der Waals surface area contributed by atoms with Gasteiger partial charge in [0.05, 0.1) is 24.6 Å². The number of hydrogen-bond acceptors (Lipinski definition) is 2. The molecule has 1 N–H and O–H groups in total. The van der Waals surface area contributed by atoms with Crippen LogP contribution >= 0.6 is 0 Å². The van der Waals surface area contributed by atoms with Gasteiger partial charge in [0.2, 0.25) is 5.91 Å². The van der Waals surface area contributed by atoms with Gasteiger partial charge in [-0.3, -0.25) is 4.79 Å². The number of carbonyl (C=O) groups excluding carboxylic acids is 1. The molecule has 0 spiro atoms. The van der Waals surface area contributed by atoms with Crippen molar-refractivity contribution in [1.82, 2.24) is 4.90 Å². The standard InChI is InChI=1S/C26H23NO2/c28-17-23(19-10-3-1-4-11-19)27-25(20-12-5-2-6-13-20)22-16-15-18-9-7-8-14-21(18)24(22)26(27)29/h1-16,22-25,28H,17H2/t22-,23+,24+,25+/m1/s1. The summed E-state index contributed by atoms with van der Waals surface area (Å²) in [5.41, 5.74) is 4.25. The van der Waals surface area contributed by atoms with Crippen LogP contribution in [0.3, 0.4) is 0 Å². The molecule has 1 heterocycles. The highest BCUT2D eigenvalue weighted by Gasteiger charge is 2.51. The van der Waals surface area contributed by atoms with Crippen molar-refractivity contribution < 1.29 is 9.90 Å². The molecule has 3 aromatic carbocycles. The number of benzene rings is 3. The fourth-order valence-corrected chi connectivity index (χ4v) is 4.96. The molecule has 0 aromatic heterocycles. The Kier molecular flexibility index (Phi) is 4.53. The van der Waals surface area contributed by atoms with Crippen LogP contribution in [0, 0.1) is 5.92 Å². The summed E-state index contributed by atoms with van der Waals surface area (Å²) in [6.07, 6.45) is 4.32. The van der Waals surface area contributed by atoms with E-state index in [1.807, 2.05) is 65.6 Å². The van der Waals surface area contributed by atoms with Crippen molar-refractivity contribution in [2.45, 2.75) is 18.0 Å². The molecule has 2 aliphatic rings. The first-order valence-corrected chi connectivity index (χ1v) is 10.1. The highest BCUT2D eigenvalue weighted by molar-refractivity contribution is 5.90. The normalized spacial score (nSPS) is 23.6. The monoisotopic (exact) mass is 381 g/mol. The molecule has 3 aromatic rings. The van der Waals surface area contributed by atoms with Crippen LogP contribution in [0.2, 0.25) is 0 Å². The number of fused-ring (bicyclic) bond motifs is 3. The van der Waals surface area contributed by atoms with Gasteiger partial charge in [-0.2, -0.15) is 0 Å². The minimum absolute atomic E-state index is 0.0394. The number of aliphatic hydroxyl groups excluding tert-OH is 1. The predicted molar refractivity (Wildman–Crippen MR) is 114 cm³/mol. The molecule has 1 aliphatic heterocycles. The van der Waals surface area contributed by atoms with E-state index in [1.54, 1.807) is 0 Å². The molecule has 0 unspecified atom stereocenters. The van der Waals surface area contributed by atoms with Crippen molar-refractivity contribution in [1.29, 1.82) is 0 Å². The van der Waals surface area contributed by atoms with Crippen molar-refractivity contribution in [3.05, 3.63) is 113 Å². The molecule has 3 nitrogen and oxygen atoms in total. The molecule has 1 saturated heterocycles. The van der Waals surface area contributed by atoms with Crippen LogP contribution in [-0.2, 0) is 4.79 Å². The summed E-state index contributed by atoms with van der Waals surface area (Å²) in [4.78, 5) is 15.8. The molecule has 0 saturated carbocycles. The van der Waals surface area contributed by atoms with E-state index in [0.29, 0.717) is 0 Å². The summed E-state index contributed by atoms with van der Waals surface area (Å²) in [6, 6.07) is 27.7. The van der Waals surface area contributed by atoms with Crippen molar-refractivity contribution in [2.75, 3.05) is 6.61 Å². The van der Waals surface area contributed by atoms with Gasteiger partial charge in [0.15, 0.2) is 0 Å². The van der Waals surface area contributed by atoms with Gasteiger partial charge in [0, 0.05) is 5.92 Å². The Hall–Kier alpha value is -3.17. The van der Waals surface area contributed by atoms with Crippen molar-refractivity contribution in [2.24, 2.45) is 5.92 Å². The average Bonchev–Trinajstić information content (AvgIpc) is 3.08. The largest absolute Gasteiger partial charge is 0.394 e. The smallest absolute Gasteiger partial charge is 0.231 e. The molecule has 29 heavy (non-hydrogen) atoms. The fourth-order valence-electron chi connectivity index (χ4n) is 4.96. The Bertz CT molecular complexity index is 1040. The molecule has 3 heteroatoms. The van der Waals surface area contributed by atoms with Crippen molar-refractivity contribution in [3.63, 3.8) is 0 Å². The Morgan fingerprint density at radius 1 is 0.862 bits per heavy atom. The molecular formula is C26H23NO2. The molecule has 144 valence electrons. The quantitative estimate of drug-likeness (QED) is 0.710. The molecular weight excluding hydrogens is 358 g/mol. The molecule has 5 rings (SSSR count). The molecule has 0 radical (unpaired) electrons. The van der Waals surface area contributed by atoms with Gasteiger partial charge in [-0.05, 0) is 22.3 Å². The maximum atomic E-state index is 13.8. The van der Waals surface area contributed by atoms with Crippen LogP contribution in [0.25, 0.3) is 6.08 Å². The predicted octanol–water partition coefficient (Wildman–Crippen LogP) is 4.73. The number of aliphatic hydroxyl groups is 1. The van der Waals surface area contributed by atoms with E-state index in [-0.39, 0.29) is 36.4 Å². The first kappa shape index (κ1) is 17.9. The summed E-state index contributed by atoms with van der Waals surface area (Å²) in [5, 5.41) is 10.3. The number of nitrogens with zero attached hydrogens (tertiary/aromatic N) is 1. The minimum Gasteiger partial charge on any atom is -0.394 e. The summed E-state index contributed by atoms with van der Waals surface area (Å²) in [6.45, 7) is -0.107. The summed E-state index contributed by atoms with van der Waals surface area (Å²) < 4.78 is 0. The lowest BCUT2D eigenvalue weighted by atomic mass is 9.77. The van der Waals surface area contributed by atoms with Gasteiger partial charge >= 0.3 is 0 Å². The second-order valence-electron chi connectivity index (χ2n) is 7.75. The van der Waals surface area contributed by atoms with Gasteiger partial charge in [0.1, 0.15) is 0 Å². The highest BCUT2D eigenvalue weighted by atomic mass is 16.3. The Morgan fingerprint density at radius 3 is 2.24 bits per heavy atom. The van der Waals surface area contributed by atoms with Crippen molar-refractivity contribution >= 4 is 12.0 Å². The second kappa shape index (κ2) is 7.34. The molecule has 4 atom stereocenters. The van der Waals surface area contributed by atoms with E-state index in [0.717, 1.165) is 22.3 Å². The van der Waals surface area contributed by atoms with Crippen LogP contribution in [0.5, 0.6) is 0 Å². The Labute approximate surface area is 170 Å². The van der Waals surface area contributed by atoms with E-state index in [9.17, 15) is 9.90 Å².